The number of benzene rings is 2. The molecule has 2 aliphatic heterocycles. The van der Waals surface area contributed by atoms with E-state index in [1.165, 1.54) is 55.2 Å². The van der Waals surface area contributed by atoms with Gasteiger partial charge >= 0.3 is 158 Å². The maximum absolute atomic E-state index is 13.2. The Labute approximate surface area is 157 Å². The molecule has 0 bridgehead atoms. The average Bonchev–Trinajstić information content (AvgIpc) is 2.63. The summed E-state index contributed by atoms with van der Waals surface area (Å²) in [6, 6.07) is 8.64. The molecule has 0 saturated heterocycles. The molecule has 2 aromatic carbocycles. The molecule has 0 N–H and O–H groups in total. The van der Waals surface area contributed by atoms with E-state index in [0.29, 0.717) is 0 Å². The van der Waals surface area contributed by atoms with Crippen molar-refractivity contribution in [3.63, 3.8) is 0 Å². The standard InChI is InChI=1S/C21H22N2OTe/c1-22(2)14-7-8-15-18(12-14)25-21-16-6-4-10-23-9-3-5-13(19(16)23)11-17(21)20(15)24/h7-8,11-12H,3-6,9-10H2,1-2H3. The monoisotopic (exact) mass is 448 g/mol. The number of hydrogen-bond donors (Lipinski definition) is 0. The van der Waals surface area contributed by atoms with Crippen molar-refractivity contribution in [1.29, 1.82) is 0 Å². The van der Waals surface area contributed by atoms with Gasteiger partial charge in [-0.05, 0) is 0 Å². The third-order valence-corrected chi connectivity index (χ3v) is 9.16. The van der Waals surface area contributed by atoms with Crippen LogP contribution in [0.5, 0.6) is 0 Å². The Hall–Kier alpha value is -1.50. The predicted octanol–water partition coefficient (Wildman–Crippen LogP) is 3.18. The number of nitrogens with zero attached hydrogens (tertiary/aromatic N) is 2. The molecule has 0 atom stereocenters. The van der Waals surface area contributed by atoms with E-state index < -0.39 is 20.4 Å². The van der Waals surface area contributed by atoms with E-state index >= 15 is 0 Å². The fraction of sp³-hybridized carbons (Fsp3) is 0.381. The van der Waals surface area contributed by atoms with Crippen molar-refractivity contribution in [3.8, 4) is 0 Å². The summed E-state index contributed by atoms with van der Waals surface area (Å²) in [5, 5.41) is 1.99. The van der Waals surface area contributed by atoms with Crippen LogP contribution in [0.2, 0.25) is 0 Å². The molecule has 0 radical (unpaired) electrons. The van der Waals surface area contributed by atoms with E-state index in [9.17, 15) is 4.79 Å². The quantitative estimate of drug-likeness (QED) is 0.424. The van der Waals surface area contributed by atoms with Crippen LogP contribution in [-0.4, -0.2) is 47.6 Å². The van der Waals surface area contributed by atoms with Gasteiger partial charge in [-0.2, -0.15) is 0 Å². The summed E-state index contributed by atoms with van der Waals surface area (Å²) in [7, 11) is 4.14. The molecule has 0 aliphatic carbocycles. The van der Waals surface area contributed by atoms with E-state index in [1.54, 1.807) is 0 Å². The third-order valence-electron chi connectivity index (χ3n) is 5.66. The normalized spacial score (nSPS) is 16.3. The molecule has 0 saturated carbocycles. The Morgan fingerprint density at radius 3 is 2.64 bits per heavy atom. The Bertz CT molecular complexity index is 1070. The van der Waals surface area contributed by atoms with E-state index in [-0.39, 0.29) is 5.43 Å². The van der Waals surface area contributed by atoms with Crippen molar-refractivity contribution < 1.29 is 0 Å². The number of anilines is 2. The van der Waals surface area contributed by atoms with Crippen molar-refractivity contribution in [1.82, 2.24) is 0 Å². The molecular formula is C21H22N2OTe. The van der Waals surface area contributed by atoms with Gasteiger partial charge in [0.1, 0.15) is 0 Å². The average molecular weight is 446 g/mol. The minimum atomic E-state index is -0.516. The molecule has 0 spiro atoms. The summed E-state index contributed by atoms with van der Waals surface area (Å²) in [5.41, 5.74) is 5.91. The molecule has 0 unspecified atom stereocenters. The molecular weight excluding hydrogens is 424 g/mol. The zero-order valence-corrected chi connectivity index (χ0v) is 17.1. The van der Waals surface area contributed by atoms with Crippen LogP contribution in [0.25, 0.3) is 17.6 Å². The van der Waals surface area contributed by atoms with Gasteiger partial charge in [-0.15, -0.1) is 0 Å². The molecule has 3 nitrogen and oxygen atoms in total. The van der Waals surface area contributed by atoms with Crippen LogP contribution in [0.4, 0.5) is 11.4 Å². The van der Waals surface area contributed by atoms with Gasteiger partial charge < -0.3 is 0 Å². The first-order valence-corrected chi connectivity index (χ1v) is 11.4. The molecule has 5 rings (SSSR count). The van der Waals surface area contributed by atoms with Crippen molar-refractivity contribution in [3.05, 3.63) is 45.6 Å². The van der Waals surface area contributed by atoms with Crippen LogP contribution in [0.15, 0.2) is 29.1 Å². The van der Waals surface area contributed by atoms with Crippen molar-refractivity contribution in [2.24, 2.45) is 0 Å². The summed E-state index contributed by atoms with van der Waals surface area (Å²) in [4.78, 5) is 18.0. The van der Waals surface area contributed by atoms with Crippen LogP contribution in [0, 0.1) is 0 Å². The van der Waals surface area contributed by atoms with Gasteiger partial charge in [0.25, 0.3) is 0 Å². The van der Waals surface area contributed by atoms with Crippen LogP contribution in [-0.2, 0) is 12.8 Å². The molecule has 0 amide bonds. The molecule has 0 fully saturated rings. The van der Waals surface area contributed by atoms with Gasteiger partial charge in [-0.3, -0.25) is 0 Å². The first-order chi connectivity index (χ1) is 12.1. The fourth-order valence-electron chi connectivity index (χ4n) is 4.43. The fourth-order valence-corrected chi connectivity index (χ4v) is 8.01. The second-order valence-corrected chi connectivity index (χ2v) is 10.4. The number of hydrogen-bond acceptors (Lipinski definition) is 3. The van der Waals surface area contributed by atoms with Gasteiger partial charge in [-0.25, -0.2) is 0 Å². The second kappa shape index (κ2) is 5.76. The maximum atomic E-state index is 13.2. The molecule has 3 aromatic rings. The van der Waals surface area contributed by atoms with E-state index in [0.717, 1.165) is 23.6 Å². The van der Waals surface area contributed by atoms with Gasteiger partial charge in [0.15, 0.2) is 0 Å². The Kier molecular flexibility index (Phi) is 3.62. The van der Waals surface area contributed by atoms with Gasteiger partial charge in [0.05, 0.1) is 0 Å². The minimum absolute atomic E-state index is 0.258. The molecule has 128 valence electrons. The summed E-state index contributed by atoms with van der Waals surface area (Å²) >= 11 is -0.516. The number of rotatable bonds is 1. The number of fused-ring (bicyclic) bond motifs is 3. The molecule has 4 heteroatoms. The predicted molar refractivity (Wildman–Crippen MR) is 108 cm³/mol. The molecule has 1 aromatic heterocycles. The van der Waals surface area contributed by atoms with Crippen LogP contribution in [0.3, 0.4) is 0 Å². The molecule has 25 heavy (non-hydrogen) atoms. The van der Waals surface area contributed by atoms with E-state index in [2.05, 4.69) is 48.2 Å². The van der Waals surface area contributed by atoms with E-state index in [4.69, 9.17) is 0 Å². The van der Waals surface area contributed by atoms with Crippen molar-refractivity contribution in [2.45, 2.75) is 25.7 Å². The van der Waals surface area contributed by atoms with Crippen LogP contribution in [0.1, 0.15) is 24.0 Å². The molecule has 2 aliphatic rings. The second-order valence-electron chi connectivity index (χ2n) is 7.44. The van der Waals surface area contributed by atoms with Crippen LogP contribution < -0.4 is 15.2 Å². The van der Waals surface area contributed by atoms with Crippen molar-refractivity contribution in [2.75, 3.05) is 37.0 Å². The zero-order valence-electron chi connectivity index (χ0n) is 14.8. The summed E-state index contributed by atoms with van der Waals surface area (Å²) < 4.78 is 2.75. The van der Waals surface area contributed by atoms with Crippen molar-refractivity contribution >= 4 is 49.4 Å². The van der Waals surface area contributed by atoms with Gasteiger partial charge in [-0.1, -0.05) is 0 Å². The third kappa shape index (κ3) is 2.34. The topological polar surface area (TPSA) is 23.6 Å². The molecule has 3 heterocycles. The SMILES string of the molecule is CN(C)c1ccc2c(=O)c3cc4c5c(c3[te]c2c1)CCCN5CCC4. The Morgan fingerprint density at radius 2 is 1.84 bits per heavy atom. The zero-order chi connectivity index (χ0) is 17.1. The first-order valence-electron chi connectivity index (χ1n) is 9.11. The summed E-state index contributed by atoms with van der Waals surface area (Å²) in [5.74, 6) is 0. The first kappa shape index (κ1) is 15.7. The van der Waals surface area contributed by atoms with Crippen LogP contribution >= 0.6 is 0 Å². The Morgan fingerprint density at radius 1 is 1.04 bits per heavy atom. The van der Waals surface area contributed by atoms with Gasteiger partial charge in [0, 0.05) is 0 Å². The van der Waals surface area contributed by atoms with Gasteiger partial charge in [0.2, 0.25) is 0 Å². The Balaban J connectivity index is 1.89. The van der Waals surface area contributed by atoms with E-state index in [1.807, 2.05) is 0 Å². The number of aryl methyl sites for hydroxylation is 2. The summed E-state index contributed by atoms with van der Waals surface area (Å²) in [6.07, 6.45) is 4.74. The summed E-state index contributed by atoms with van der Waals surface area (Å²) in [6.45, 7) is 2.38.